The maximum atomic E-state index is 8.30. The van der Waals surface area contributed by atoms with Gasteiger partial charge in [-0.05, 0) is 5.21 Å². The molecule has 0 spiro atoms. The Balaban J connectivity index is 3.04. The van der Waals surface area contributed by atoms with Gasteiger partial charge in [0.1, 0.15) is 6.20 Å². The lowest BCUT2D eigenvalue weighted by atomic mass is 10.9. The summed E-state index contributed by atoms with van der Waals surface area (Å²) < 4.78 is 0. The first-order chi connectivity index (χ1) is 3.29. The van der Waals surface area contributed by atoms with Crippen LogP contribution in [0.1, 0.15) is 0 Å². The summed E-state index contributed by atoms with van der Waals surface area (Å²) >= 11 is 0. The summed E-state index contributed by atoms with van der Waals surface area (Å²) in [4.78, 5) is 0.426. The number of aromatic nitrogens is 3. The highest BCUT2D eigenvalue weighted by Gasteiger charge is 1.89. The molecule has 0 aliphatic rings. The van der Waals surface area contributed by atoms with Crippen molar-refractivity contribution in [1.29, 1.82) is 0 Å². The molecule has 0 aliphatic carbocycles. The molecule has 0 aromatic carbocycles. The van der Waals surface area contributed by atoms with Gasteiger partial charge in [0, 0.05) is 0 Å². The van der Waals surface area contributed by atoms with Gasteiger partial charge in [0.25, 0.3) is 5.88 Å². The highest BCUT2D eigenvalue weighted by atomic mass is 16.5. The van der Waals surface area contributed by atoms with Crippen LogP contribution in [0, 0.1) is 0 Å². The Hall–Kier alpha value is -1.26. The van der Waals surface area contributed by atoms with Crippen LogP contribution in [0.4, 0.5) is 0 Å². The second kappa shape index (κ2) is 1.11. The molecule has 0 unspecified atom stereocenters. The molecular formula is C2H3N3O2. The Bertz CT molecular complexity index is 143. The van der Waals surface area contributed by atoms with Gasteiger partial charge in [0.05, 0.1) is 0 Å². The van der Waals surface area contributed by atoms with Gasteiger partial charge in [0.15, 0.2) is 0 Å². The van der Waals surface area contributed by atoms with E-state index in [1.807, 2.05) is 0 Å². The Morgan fingerprint density at radius 3 is 2.57 bits per heavy atom. The molecule has 1 rings (SSSR count). The molecule has 0 aliphatic heterocycles. The molecule has 0 atom stereocenters. The molecule has 2 N–H and O–H groups in total. The van der Waals surface area contributed by atoms with Crippen molar-refractivity contribution in [2.75, 3.05) is 0 Å². The molecule has 0 amide bonds. The van der Waals surface area contributed by atoms with Gasteiger partial charge >= 0.3 is 0 Å². The molecule has 1 heterocycles. The van der Waals surface area contributed by atoms with Crippen molar-refractivity contribution in [3.8, 4) is 5.88 Å². The topological polar surface area (TPSA) is 71.2 Å². The molecule has 0 fully saturated rings. The average Bonchev–Trinajstić information content (AvgIpc) is 1.87. The minimum Gasteiger partial charge on any atom is -0.491 e. The number of hydrogen-bond acceptors (Lipinski definition) is 4. The minimum atomic E-state index is -0.289. The quantitative estimate of drug-likeness (QED) is 0.420. The largest absolute Gasteiger partial charge is 0.491 e. The second-order valence-electron chi connectivity index (χ2n) is 0.997. The monoisotopic (exact) mass is 101 g/mol. The van der Waals surface area contributed by atoms with E-state index in [-0.39, 0.29) is 5.88 Å². The van der Waals surface area contributed by atoms with Crippen LogP contribution in [-0.2, 0) is 0 Å². The molecule has 5 nitrogen and oxygen atoms in total. The maximum Gasteiger partial charge on any atom is 0.254 e. The summed E-state index contributed by atoms with van der Waals surface area (Å²) in [6, 6.07) is 0. The van der Waals surface area contributed by atoms with Crippen LogP contribution in [0.3, 0.4) is 0 Å². The lowest BCUT2D eigenvalue weighted by molar-refractivity contribution is 0.143. The van der Waals surface area contributed by atoms with E-state index in [0.717, 1.165) is 6.20 Å². The van der Waals surface area contributed by atoms with Gasteiger partial charge in [-0.15, -0.1) is 0 Å². The molecule has 5 heteroatoms. The van der Waals surface area contributed by atoms with Gasteiger partial charge in [0.2, 0.25) is 0 Å². The zero-order chi connectivity index (χ0) is 5.28. The molecule has 1 aromatic rings. The van der Waals surface area contributed by atoms with E-state index in [0.29, 0.717) is 4.85 Å². The number of aromatic hydroxyl groups is 1. The van der Waals surface area contributed by atoms with Crippen molar-refractivity contribution in [2.45, 2.75) is 0 Å². The first-order valence-corrected chi connectivity index (χ1v) is 1.59. The van der Waals surface area contributed by atoms with Crippen LogP contribution in [0.5, 0.6) is 5.88 Å². The van der Waals surface area contributed by atoms with Gasteiger partial charge in [-0.1, -0.05) is 9.94 Å². The number of rotatable bonds is 0. The summed E-state index contributed by atoms with van der Waals surface area (Å²) in [7, 11) is 0. The molecule has 1 aromatic heterocycles. The summed E-state index contributed by atoms with van der Waals surface area (Å²) in [5.74, 6) is -0.289. The molecule has 0 bridgehead atoms. The van der Waals surface area contributed by atoms with Crippen LogP contribution >= 0.6 is 0 Å². The lowest BCUT2D eigenvalue weighted by Gasteiger charge is -1.74. The van der Waals surface area contributed by atoms with Gasteiger partial charge in [-0.3, -0.25) is 0 Å². The van der Waals surface area contributed by atoms with Crippen molar-refractivity contribution in [2.24, 2.45) is 0 Å². The van der Waals surface area contributed by atoms with E-state index in [4.69, 9.17) is 10.3 Å². The molecular weight excluding hydrogens is 98.0 g/mol. The molecule has 0 saturated carbocycles. The highest BCUT2D eigenvalue weighted by Crippen LogP contribution is 1.94. The Morgan fingerprint density at radius 1 is 1.71 bits per heavy atom. The molecule has 38 valence electrons. The van der Waals surface area contributed by atoms with Gasteiger partial charge in [-0.2, -0.15) is 0 Å². The number of hydrogen-bond donors (Lipinski definition) is 2. The van der Waals surface area contributed by atoms with Crippen LogP contribution in [-0.4, -0.2) is 25.5 Å². The first kappa shape index (κ1) is 3.91. The van der Waals surface area contributed by atoms with Crippen molar-refractivity contribution >= 4 is 0 Å². The van der Waals surface area contributed by atoms with E-state index in [1.54, 1.807) is 0 Å². The molecule has 7 heavy (non-hydrogen) atoms. The van der Waals surface area contributed by atoms with E-state index >= 15 is 0 Å². The van der Waals surface area contributed by atoms with E-state index in [1.165, 1.54) is 0 Å². The van der Waals surface area contributed by atoms with Crippen molar-refractivity contribution < 1.29 is 10.3 Å². The smallest absolute Gasteiger partial charge is 0.254 e. The highest BCUT2D eigenvalue weighted by molar-refractivity contribution is 4.93. The molecule has 0 saturated heterocycles. The van der Waals surface area contributed by atoms with E-state index in [2.05, 4.69) is 10.3 Å². The van der Waals surface area contributed by atoms with Crippen molar-refractivity contribution in [3.05, 3.63) is 6.20 Å². The first-order valence-electron chi connectivity index (χ1n) is 1.59. The fourth-order valence-corrected chi connectivity index (χ4v) is 0.247. The standard InChI is InChI=1S/C2H3N3O2/c6-2-1-5(7)4-3-2/h1,6-7H. The predicted molar refractivity (Wildman–Crippen MR) is 18.9 cm³/mol. The second-order valence-corrected chi connectivity index (χ2v) is 0.997. The minimum absolute atomic E-state index is 0.289. The fourth-order valence-electron chi connectivity index (χ4n) is 0.247. The summed E-state index contributed by atoms with van der Waals surface area (Å²) in [6.45, 7) is 0. The maximum absolute atomic E-state index is 8.30. The van der Waals surface area contributed by atoms with Crippen molar-refractivity contribution in [3.63, 3.8) is 0 Å². The van der Waals surface area contributed by atoms with Crippen LogP contribution in [0.25, 0.3) is 0 Å². The third-order valence-corrected chi connectivity index (χ3v) is 0.470. The Labute approximate surface area is 38.8 Å². The third-order valence-electron chi connectivity index (χ3n) is 0.470. The Kier molecular flexibility index (Phi) is 0.619. The lowest BCUT2D eigenvalue weighted by Crippen LogP contribution is -1.88. The Morgan fingerprint density at radius 2 is 2.43 bits per heavy atom. The summed E-state index contributed by atoms with van der Waals surface area (Å²) in [6.07, 6.45) is 0.972. The van der Waals surface area contributed by atoms with E-state index in [9.17, 15) is 0 Å². The molecule has 0 radical (unpaired) electrons. The van der Waals surface area contributed by atoms with Crippen LogP contribution in [0.15, 0.2) is 6.20 Å². The van der Waals surface area contributed by atoms with Crippen LogP contribution < -0.4 is 0 Å². The summed E-state index contributed by atoms with van der Waals surface area (Å²) in [5.41, 5.74) is 0. The van der Waals surface area contributed by atoms with Crippen molar-refractivity contribution in [1.82, 2.24) is 15.2 Å². The summed E-state index contributed by atoms with van der Waals surface area (Å²) in [5, 5.41) is 22.6. The van der Waals surface area contributed by atoms with E-state index < -0.39 is 0 Å². The predicted octanol–water partition coefficient (Wildman–Crippen LogP) is -0.779. The zero-order valence-corrected chi connectivity index (χ0v) is 3.31. The normalized spacial score (nSPS) is 9.14. The third kappa shape index (κ3) is 0.594. The average molecular weight is 101 g/mol. The van der Waals surface area contributed by atoms with Gasteiger partial charge in [-0.25, -0.2) is 0 Å². The van der Waals surface area contributed by atoms with Crippen LogP contribution in [0.2, 0.25) is 0 Å². The fraction of sp³-hybridized carbons (Fsp3) is 0. The SMILES string of the molecule is Oc1cn(O)nn1. The van der Waals surface area contributed by atoms with Gasteiger partial charge < -0.3 is 10.3 Å². The zero-order valence-electron chi connectivity index (χ0n) is 3.31. The number of nitrogens with zero attached hydrogens (tertiary/aromatic N) is 3.